The predicted molar refractivity (Wildman–Crippen MR) is 147 cm³/mol. The average molecular weight is 527 g/mol. The molecule has 38 heavy (non-hydrogen) atoms. The predicted octanol–water partition coefficient (Wildman–Crippen LogP) is 5.21. The van der Waals surface area contributed by atoms with Crippen molar-refractivity contribution in [2.75, 3.05) is 10.6 Å². The Balaban J connectivity index is 2.09. The summed E-state index contributed by atoms with van der Waals surface area (Å²) in [6.07, 6.45) is 0.648. The fourth-order valence-electron chi connectivity index (χ4n) is 3.99. The third-order valence-electron chi connectivity index (χ3n) is 5.90. The summed E-state index contributed by atoms with van der Waals surface area (Å²) >= 11 is 0. The number of carbonyl (C=O) groups is 4. The summed E-state index contributed by atoms with van der Waals surface area (Å²) in [5.41, 5.74) is 4.47. The number of aryl methyl sites for hydroxylation is 2. The van der Waals surface area contributed by atoms with E-state index in [1.807, 2.05) is 65.8 Å². The minimum Gasteiger partial charge on any atom is -0.480 e. The second kappa shape index (κ2) is 13.5. The van der Waals surface area contributed by atoms with E-state index in [0.29, 0.717) is 24.2 Å². The van der Waals surface area contributed by atoms with E-state index in [9.17, 15) is 29.4 Å². The molecule has 2 rings (SSSR count). The quantitative estimate of drug-likeness (QED) is 0.236. The van der Waals surface area contributed by atoms with Gasteiger partial charge in [0.2, 0.25) is 0 Å². The molecular weight excluding hydrogens is 488 g/mol. The van der Waals surface area contributed by atoms with Crippen LogP contribution in [0.4, 0.5) is 21.0 Å². The average Bonchev–Trinajstić information content (AvgIpc) is 2.80. The maximum Gasteiger partial charge on any atom is 0.326 e. The molecule has 0 heterocycles. The summed E-state index contributed by atoms with van der Waals surface area (Å²) in [4.78, 5) is 47.6. The molecule has 0 radical (unpaired) electrons. The number of hydrogen-bond acceptors (Lipinski definition) is 4. The number of rotatable bonds is 11. The van der Waals surface area contributed by atoms with Gasteiger partial charge >= 0.3 is 24.0 Å². The van der Waals surface area contributed by atoms with Gasteiger partial charge in [-0.05, 0) is 85.0 Å². The molecule has 4 amide bonds. The minimum atomic E-state index is -1.08. The van der Waals surface area contributed by atoms with E-state index in [4.69, 9.17) is 0 Å². The number of nitrogens with one attached hydrogen (secondary N) is 4. The van der Waals surface area contributed by atoms with Gasteiger partial charge in [0, 0.05) is 11.4 Å². The highest BCUT2D eigenvalue weighted by Gasteiger charge is 2.22. The van der Waals surface area contributed by atoms with E-state index in [-0.39, 0.29) is 11.8 Å². The van der Waals surface area contributed by atoms with Crippen LogP contribution in [0.3, 0.4) is 0 Å². The molecule has 0 saturated carbocycles. The van der Waals surface area contributed by atoms with Crippen LogP contribution in [0, 0.1) is 25.7 Å². The van der Waals surface area contributed by atoms with Crippen LogP contribution in [0.2, 0.25) is 0 Å². The molecular formula is C28H38N4O6. The molecule has 10 nitrogen and oxygen atoms in total. The molecule has 0 aliphatic carbocycles. The monoisotopic (exact) mass is 526 g/mol. The molecule has 0 bridgehead atoms. The van der Waals surface area contributed by atoms with Gasteiger partial charge in [0.1, 0.15) is 12.1 Å². The van der Waals surface area contributed by atoms with Crippen LogP contribution < -0.4 is 21.3 Å². The maximum absolute atomic E-state index is 12.4. The topological polar surface area (TPSA) is 157 Å². The molecule has 0 aromatic heterocycles. The van der Waals surface area contributed by atoms with Crippen LogP contribution in [-0.2, 0) is 9.59 Å². The summed E-state index contributed by atoms with van der Waals surface area (Å²) in [5.74, 6) is -1.93. The second-order valence-corrected chi connectivity index (χ2v) is 10.3. The first kappa shape index (κ1) is 30.1. The van der Waals surface area contributed by atoms with Crippen molar-refractivity contribution in [1.82, 2.24) is 10.6 Å². The number of amides is 4. The Labute approximate surface area is 223 Å². The van der Waals surface area contributed by atoms with Gasteiger partial charge in [-0.2, -0.15) is 0 Å². The van der Waals surface area contributed by atoms with Gasteiger partial charge in [0.25, 0.3) is 0 Å². The van der Waals surface area contributed by atoms with Crippen LogP contribution in [-0.4, -0.2) is 46.3 Å². The summed E-state index contributed by atoms with van der Waals surface area (Å²) in [7, 11) is 0. The molecule has 0 unspecified atom stereocenters. The summed E-state index contributed by atoms with van der Waals surface area (Å²) in [6, 6.07) is 7.85. The summed E-state index contributed by atoms with van der Waals surface area (Å²) < 4.78 is 0. The number of carboxylic acids is 2. The fourth-order valence-corrected chi connectivity index (χ4v) is 3.99. The molecule has 0 saturated heterocycles. The van der Waals surface area contributed by atoms with Crippen molar-refractivity contribution in [2.45, 2.75) is 66.5 Å². The van der Waals surface area contributed by atoms with Gasteiger partial charge in [-0.1, -0.05) is 39.8 Å². The maximum atomic E-state index is 12.4. The van der Waals surface area contributed by atoms with Crippen LogP contribution in [0.25, 0.3) is 11.1 Å². The Morgan fingerprint density at radius 1 is 0.658 bits per heavy atom. The molecule has 6 N–H and O–H groups in total. The molecule has 2 aromatic carbocycles. The molecule has 0 aliphatic rings. The highest BCUT2D eigenvalue weighted by atomic mass is 16.4. The smallest absolute Gasteiger partial charge is 0.326 e. The molecule has 0 aliphatic heterocycles. The number of urea groups is 2. The SMILES string of the molecule is Cc1cc(-c2ccc(NC(=O)N[C@@H](CC(C)C)C(=O)O)c(C)c2)ccc1NC(=O)N[C@@H](CC(C)C)C(=O)O. The van der Waals surface area contributed by atoms with Crippen LogP contribution in [0.5, 0.6) is 0 Å². The molecule has 0 spiro atoms. The lowest BCUT2D eigenvalue weighted by Crippen LogP contribution is -2.43. The molecule has 0 fully saturated rings. The number of carboxylic acid groups (broad SMARTS) is 2. The Hall–Kier alpha value is -4.08. The zero-order chi connectivity index (χ0) is 28.6. The van der Waals surface area contributed by atoms with Crippen molar-refractivity contribution >= 4 is 35.4 Å². The number of hydrogen-bond donors (Lipinski definition) is 6. The molecule has 2 aromatic rings. The third kappa shape index (κ3) is 9.10. The van der Waals surface area contributed by atoms with Crippen molar-refractivity contribution in [3.05, 3.63) is 47.5 Å². The minimum absolute atomic E-state index is 0.114. The van der Waals surface area contributed by atoms with Crippen molar-refractivity contribution in [1.29, 1.82) is 0 Å². The van der Waals surface area contributed by atoms with Crippen molar-refractivity contribution in [2.24, 2.45) is 11.8 Å². The number of aliphatic carboxylic acids is 2. The lowest BCUT2D eigenvalue weighted by molar-refractivity contribution is -0.140. The van der Waals surface area contributed by atoms with Gasteiger partial charge in [-0.25, -0.2) is 19.2 Å². The van der Waals surface area contributed by atoms with E-state index in [1.54, 1.807) is 12.1 Å². The summed E-state index contributed by atoms with van der Waals surface area (Å²) in [6.45, 7) is 11.2. The highest BCUT2D eigenvalue weighted by Crippen LogP contribution is 2.28. The number of carbonyl (C=O) groups excluding carboxylic acids is 2. The van der Waals surface area contributed by atoms with Crippen molar-refractivity contribution < 1.29 is 29.4 Å². The zero-order valence-corrected chi connectivity index (χ0v) is 22.7. The zero-order valence-electron chi connectivity index (χ0n) is 22.7. The van der Waals surface area contributed by atoms with E-state index >= 15 is 0 Å². The molecule has 10 heteroatoms. The Kier molecular flexibility index (Phi) is 10.7. The van der Waals surface area contributed by atoms with E-state index in [0.717, 1.165) is 22.3 Å². The molecule has 2 atom stereocenters. The van der Waals surface area contributed by atoms with Gasteiger partial charge in [0.05, 0.1) is 0 Å². The van der Waals surface area contributed by atoms with E-state index in [1.165, 1.54) is 0 Å². The Morgan fingerprint density at radius 3 is 1.26 bits per heavy atom. The van der Waals surface area contributed by atoms with Crippen LogP contribution in [0.1, 0.15) is 51.7 Å². The lowest BCUT2D eigenvalue weighted by Gasteiger charge is -2.18. The van der Waals surface area contributed by atoms with Crippen LogP contribution in [0.15, 0.2) is 36.4 Å². The second-order valence-electron chi connectivity index (χ2n) is 10.3. The van der Waals surface area contributed by atoms with Gasteiger partial charge in [-0.3, -0.25) is 0 Å². The normalized spacial score (nSPS) is 12.5. The van der Waals surface area contributed by atoms with Gasteiger partial charge in [0.15, 0.2) is 0 Å². The first-order chi connectivity index (χ1) is 17.8. The van der Waals surface area contributed by atoms with Gasteiger partial charge < -0.3 is 31.5 Å². The highest BCUT2D eigenvalue weighted by molar-refractivity contribution is 5.94. The fraction of sp³-hybridized carbons (Fsp3) is 0.429. The van der Waals surface area contributed by atoms with Crippen molar-refractivity contribution in [3.8, 4) is 11.1 Å². The number of benzene rings is 2. The largest absolute Gasteiger partial charge is 0.480 e. The lowest BCUT2D eigenvalue weighted by atomic mass is 10.00. The molecule has 206 valence electrons. The first-order valence-electron chi connectivity index (χ1n) is 12.6. The van der Waals surface area contributed by atoms with Crippen molar-refractivity contribution in [3.63, 3.8) is 0 Å². The third-order valence-corrected chi connectivity index (χ3v) is 5.90. The number of anilines is 2. The summed E-state index contributed by atoms with van der Waals surface area (Å²) in [5, 5.41) is 29.1. The van der Waals surface area contributed by atoms with Crippen LogP contribution >= 0.6 is 0 Å². The standard InChI is InChI=1S/C28H38N4O6/c1-15(2)11-23(25(33)34)31-27(37)29-21-9-7-19(13-17(21)5)20-8-10-22(18(6)14-20)30-28(38)32-24(26(35)36)12-16(3)4/h7-10,13-16,23-24H,11-12H2,1-6H3,(H,33,34)(H,35,36)(H2,29,31,37)(H2,30,32,38)/t23-,24-/m0/s1. The Morgan fingerprint density at radius 2 is 1.00 bits per heavy atom. The Bertz CT molecular complexity index is 1090. The van der Waals surface area contributed by atoms with E-state index in [2.05, 4.69) is 21.3 Å². The van der Waals surface area contributed by atoms with E-state index < -0.39 is 36.1 Å². The first-order valence-corrected chi connectivity index (χ1v) is 12.6. The van der Waals surface area contributed by atoms with Gasteiger partial charge in [-0.15, -0.1) is 0 Å².